The summed E-state index contributed by atoms with van der Waals surface area (Å²) in [6, 6.07) is 9.35. The molecule has 174 valence electrons. The number of thioether (sulfide) groups is 1. The third kappa shape index (κ3) is 4.83. The molecule has 1 aliphatic rings. The van der Waals surface area contributed by atoms with Crippen molar-refractivity contribution >= 4 is 34.7 Å². The Balaban J connectivity index is 1.59. The summed E-state index contributed by atoms with van der Waals surface area (Å²) >= 11 is 2.82. The van der Waals surface area contributed by atoms with Crippen LogP contribution in [0.3, 0.4) is 0 Å². The highest BCUT2D eigenvalue weighted by molar-refractivity contribution is 7.99. The second kappa shape index (κ2) is 10.3. The first-order chi connectivity index (χ1) is 16.0. The van der Waals surface area contributed by atoms with Crippen molar-refractivity contribution in [3.05, 3.63) is 56.6 Å². The highest BCUT2D eigenvalue weighted by Crippen LogP contribution is 2.38. The van der Waals surface area contributed by atoms with Gasteiger partial charge in [-0.2, -0.15) is 5.10 Å². The van der Waals surface area contributed by atoms with Gasteiger partial charge in [-0.1, -0.05) is 30.8 Å². The lowest BCUT2D eigenvalue weighted by Gasteiger charge is -2.22. The lowest BCUT2D eigenvalue weighted by molar-refractivity contribution is -0.130. The number of carbonyl (C=O) groups excluding carboxylic acids is 1. The van der Waals surface area contributed by atoms with Crippen LogP contribution in [0.25, 0.3) is 0 Å². The maximum atomic E-state index is 13.3. The number of rotatable bonds is 9. The standard InChI is InChI=1S/C22H25N5O4S2/c1-4-9-26-21(29)23-24-22(26)33-13-20(28)27-16(12-15(25-27)19-6-5-10-32-19)14-7-8-17(30-2)18(11-14)31-3/h5-8,10-11,16H,4,9,12-13H2,1-3H3,(H,23,29)/t16-/m0/s1. The van der Waals surface area contributed by atoms with Crippen LogP contribution < -0.4 is 15.2 Å². The van der Waals surface area contributed by atoms with E-state index in [1.807, 2.05) is 42.6 Å². The minimum Gasteiger partial charge on any atom is -0.493 e. The van der Waals surface area contributed by atoms with E-state index in [4.69, 9.17) is 14.6 Å². The lowest BCUT2D eigenvalue weighted by atomic mass is 10.0. The van der Waals surface area contributed by atoms with Crippen molar-refractivity contribution in [2.75, 3.05) is 20.0 Å². The number of hydrogen-bond donors (Lipinski definition) is 1. The molecule has 1 aliphatic heterocycles. The van der Waals surface area contributed by atoms with Crippen molar-refractivity contribution in [1.82, 2.24) is 19.8 Å². The van der Waals surface area contributed by atoms with Gasteiger partial charge in [-0.25, -0.2) is 14.9 Å². The quantitative estimate of drug-likeness (QED) is 0.464. The average molecular weight is 488 g/mol. The first-order valence-corrected chi connectivity index (χ1v) is 12.4. The molecule has 1 N–H and O–H groups in total. The Labute approximate surface area is 199 Å². The highest BCUT2D eigenvalue weighted by Gasteiger charge is 2.34. The number of hydrogen-bond acceptors (Lipinski definition) is 8. The molecular formula is C22H25N5O4S2. The smallest absolute Gasteiger partial charge is 0.343 e. The zero-order chi connectivity index (χ0) is 23.4. The van der Waals surface area contributed by atoms with Crippen LogP contribution in [0, 0.1) is 0 Å². The Morgan fingerprint density at radius 3 is 2.79 bits per heavy atom. The van der Waals surface area contributed by atoms with Gasteiger partial charge in [-0.3, -0.25) is 9.36 Å². The number of hydrazone groups is 1. The molecule has 33 heavy (non-hydrogen) atoms. The van der Waals surface area contributed by atoms with Crippen molar-refractivity contribution in [2.45, 2.75) is 37.5 Å². The fourth-order valence-corrected chi connectivity index (χ4v) is 5.22. The van der Waals surface area contributed by atoms with Crippen LogP contribution in [0.15, 0.2) is 50.8 Å². The number of nitrogens with one attached hydrogen (secondary N) is 1. The van der Waals surface area contributed by atoms with Gasteiger partial charge >= 0.3 is 5.69 Å². The SMILES string of the molecule is CCCn1c(SCC(=O)N2N=C(c3cccs3)C[C@H]2c2ccc(OC)c(OC)c2)n[nH]c1=O. The number of thiophene rings is 1. The molecule has 0 aliphatic carbocycles. The zero-order valence-corrected chi connectivity index (χ0v) is 20.2. The van der Waals surface area contributed by atoms with Gasteiger partial charge in [0, 0.05) is 13.0 Å². The minimum absolute atomic E-state index is 0.110. The predicted molar refractivity (Wildman–Crippen MR) is 128 cm³/mol. The number of aromatic nitrogens is 3. The number of H-pyrrole nitrogens is 1. The fourth-order valence-electron chi connectivity index (χ4n) is 3.68. The molecule has 11 heteroatoms. The van der Waals surface area contributed by atoms with E-state index in [1.165, 1.54) is 16.8 Å². The Kier molecular flexibility index (Phi) is 7.19. The van der Waals surface area contributed by atoms with Crippen molar-refractivity contribution in [1.29, 1.82) is 0 Å². The number of amides is 1. The first-order valence-electron chi connectivity index (χ1n) is 10.5. The number of methoxy groups -OCH3 is 2. The molecule has 0 radical (unpaired) electrons. The molecule has 0 spiro atoms. The van der Waals surface area contributed by atoms with Gasteiger partial charge in [0.05, 0.1) is 36.6 Å². The van der Waals surface area contributed by atoms with Gasteiger partial charge in [0.25, 0.3) is 5.91 Å². The number of nitrogens with zero attached hydrogens (tertiary/aromatic N) is 4. The van der Waals surface area contributed by atoms with Crippen LogP contribution in [0.2, 0.25) is 0 Å². The molecule has 2 aromatic heterocycles. The van der Waals surface area contributed by atoms with E-state index >= 15 is 0 Å². The summed E-state index contributed by atoms with van der Waals surface area (Å²) < 4.78 is 12.4. The molecule has 1 amide bonds. The molecule has 4 rings (SSSR count). The van der Waals surface area contributed by atoms with Crippen LogP contribution in [0.1, 0.15) is 36.2 Å². The van der Waals surface area contributed by atoms with Gasteiger partial charge in [0.1, 0.15) is 0 Å². The summed E-state index contributed by atoms with van der Waals surface area (Å²) in [7, 11) is 3.18. The molecule has 3 aromatic rings. The van der Waals surface area contributed by atoms with E-state index < -0.39 is 0 Å². The maximum absolute atomic E-state index is 13.3. The Hall–Kier alpha value is -3.05. The monoisotopic (exact) mass is 487 g/mol. The topological polar surface area (TPSA) is 102 Å². The minimum atomic E-state index is -0.271. The summed E-state index contributed by atoms with van der Waals surface area (Å²) in [5, 5.41) is 15.2. The molecule has 1 aromatic carbocycles. The molecule has 0 unspecified atom stereocenters. The van der Waals surface area contributed by atoms with Gasteiger partial charge in [-0.05, 0) is 35.6 Å². The molecule has 0 fully saturated rings. The second-order valence-corrected chi connectivity index (χ2v) is 9.24. The normalized spacial score (nSPS) is 15.5. The third-order valence-corrected chi connectivity index (χ3v) is 7.14. The zero-order valence-electron chi connectivity index (χ0n) is 18.6. The predicted octanol–water partition coefficient (Wildman–Crippen LogP) is 3.53. The molecule has 0 saturated heterocycles. The molecule has 9 nitrogen and oxygen atoms in total. The molecule has 1 atom stereocenters. The van der Waals surface area contributed by atoms with Gasteiger partial charge < -0.3 is 9.47 Å². The van der Waals surface area contributed by atoms with E-state index in [2.05, 4.69) is 10.2 Å². The molecule has 0 saturated carbocycles. The van der Waals surface area contributed by atoms with Crippen molar-refractivity contribution in [3.8, 4) is 11.5 Å². The summed E-state index contributed by atoms with van der Waals surface area (Å²) in [5.74, 6) is 1.17. The molecular weight excluding hydrogens is 462 g/mol. The van der Waals surface area contributed by atoms with Crippen molar-refractivity contribution in [3.63, 3.8) is 0 Å². The Bertz CT molecular complexity index is 1200. The number of aromatic amines is 1. The first kappa shape index (κ1) is 23.1. The summed E-state index contributed by atoms with van der Waals surface area (Å²) in [6.07, 6.45) is 1.39. The number of benzene rings is 1. The fraction of sp³-hybridized carbons (Fsp3) is 0.364. The van der Waals surface area contributed by atoms with Crippen molar-refractivity contribution < 1.29 is 14.3 Å². The lowest BCUT2D eigenvalue weighted by Crippen LogP contribution is -2.29. The maximum Gasteiger partial charge on any atom is 0.343 e. The highest BCUT2D eigenvalue weighted by atomic mass is 32.2. The van der Waals surface area contributed by atoms with E-state index in [1.54, 1.807) is 30.1 Å². The van der Waals surface area contributed by atoms with E-state index in [0.29, 0.717) is 29.6 Å². The number of carbonyl (C=O) groups is 1. The number of ether oxygens (including phenoxy) is 2. The molecule has 0 bridgehead atoms. The van der Waals surface area contributed by atoms with Crippen LogP contribution >= 0.6 is 23.1 Å². The van der Waals surface area contributed by atoms with Crippen LogP contribution in [-0.4, -0.2) is 51.4 Å². The van der Waals surface area contributed by atoms with E-state index in [0.717, 1.165) is 22.6 Å². The second-order valence-electron chi connectivity index (χ2n) is 7.35. The van der Waals surface area contributed by atoms with E-state index in [9.17, 15) is 9.59 Å². The van der Waals surface area contributed by atoms with Crippen LogP contribution in [-0.2, 0) is 11.3 Å². The largest absolute Gasteiger partial charge is 0.493 e. The molecule has 3 heterocycles. The average Bonchev–Trinajstić information content (AvgIpc) is 3.58. The Morgan fingerprint density at radius 1 is 1.27 bits per heavy atom. The van der Waals surface area contributed by atoms with Crippen molar-refractivity contribution in [2.24, 2.45) is 5.10 Å². The summed E-state index contributed by atoms with van der Waals surface area (Å²) in [4.78, 5) is 26.3. The van der Waals surface area contributed by atoms with E-state index in [-0.39, 0.29) is 23.4 Å². The van der Waals surface area contributed by atoms with Gasteiger partial charge in [-0.15, -0.1) is 16.4 Å². The third-order valence-electron chi connectivity index (χ3n) is 5.26. The van der Waals surface area contributed by atoms with Crippen LogP contribution in [0.4, 0.5) is 0 Å². The summed E-state index contributed by atoms with van der Waals surface area (Å²) in [5.41, 5.74) is 1.50. The van der Waals surface area contributed by atoms with Gasteiger partial charge in [0.15, 0.2) is 16.7 Å². The van der Waals surface area contributed by atoms with Gasteiger partial charge in [0.2, 0.25) is 0 Å². The van der Waals surface area contributed by atoms with Crippen LogP contribution in [0.5, 0.6) is 11.5 Å². The Morgan fingerprint density at radius 2 is 2.09 bits per heavy atom. The summed E-state index contributed by atoms with van der Waals surface area (Å²) in [6.45, 7) is 2.53.